The van der Waals surface area contributed by atoms with Gasteiger partial charge in [-0.3, -0.25) is 9.59 Å². The quantitative estimate of drug-likeness (QED) is 0.590. The van der Waals surface area contributed by atoms with Crippen LogP contribution in [0, 0.1) is 6.92 Å². The number of halogens is 1. The van der Waals surface area contributed by atoms with Gasteiger partial charge in [-0.15, -0.1) is 11.3 Å². The van der Waals surface area contributed by atoms with Gasteiger partial charge in [0.05, 0.1) is 17.6 Å². The molecule has 2 rings (SSSR count). The molecule has 1 aromatic carbocycles. The fourth-order valence-corrected chi connectivity index (χ4v) is 4.30. The summed E-state index contributed by atoms with van der Waals surface area (Å²) in [6, 6.07) is 6.49. The Morgan fingerprint density at radius 3 is 2.38 bits per heavy atom. The number of methoxy groups -OCH3 is 1. The van der Waals surface area contributed by atoms with E-state index in [1.807, 2.05) is 13.8 Å². The molecule has 8 heteroatoms. The van der Waals surface area contributed by atoms with Crippen LogP contribution in [0.15, 0.2) is 24.3 Å². The number of amides is 2. The maximum Gasteiger partial charge on any atom is 0.341 e. The molecule has 0 fully saturated rings. The lowest BCUT2D eigenvalue weighted by atomic mass is 10.1. The molecule has 1 N–H and O–H groups in total. The minimum atomic E-state index is -0.600. The van der Waals surface area contributed by atoms with E-state index in [4.69, 9.17) is 16.3 Å². The topological polar surface area (TPSA) is 75.7 Å². The highest BCUT2D eigenvalue weighted by molar-refractivity contribution is 7.18. The second kappa shape index (κ2) is 10.4. The molecule has 0 atom stereocenters. The summed E-state index contributed by atoms with van der Waals surface area (Å²) in [6.45, 7) is 6.96. The van der Waals surface area contributed by atoms with Crippen LogP contribution in [0.5, 0.6) is 0 Å². The van der Waals surface area contributed by atoms with E-state index in [1.165, 1.54) is 13.2 Å². The van der Waals surface area contributed by atoms with Crippen LogP contribution in [0.1, 0.15) is 62.6 Å². The third-order valence-electron chi connectivity index (χ3n) is 4.32. The van der Waals surface area contributed by atoms with Crippen molar-refractivity contribution in [1.29, 1.82) is 0 Å². The Kier molecular flexibility index (Phi) is 8.22. The number of nitrogens with one attached hydrogen (secondary N) is 1. The number of benzene rings is 1. The average molecular weight is 437 g/mol. The van der Waals surface area contributed by atoms with Crippen LogP contribution >= 0.6 is 22.9 Å². The second-order valence-electron chi connectivity index (χ2n) is 6.51. The lowest BCUT2D eigenvalue weighted by molar-refractivity contribution is 0.0601. The number of carbonyl (C=O) groups excluding carboxylic acids is 3. The zero-order chi connectivity index (χ0) is 21.6. The van der Waals surface area contributed by atoms with Gasteiger partial charge in [0.25, 0.3) is 11.8 Å². The SMILES string of the molecule is CCCN(CCC)C(=O)c1sc(NC(=O)c2cccc(Cl)c2)c(C(=O)OC)c1C. The van der Waals surface area contributed by atoms with E-state index in [-0.39, 0.29) is 16.5 Å². The Bertz CT molecular complexity index is 904. The zero-order valence-electron chi connectivity index (χ0n) is 17.0. The molecule has 0 saturated carbocycles. The largest absolute Gasteiger partial charge is 0.465 e. The Labute approximate surface area is 179 Å². The van der Waals surface area contributed by atoms with Crippen molar-refractivity contribution in [3.63, 3.8) is 0 Å². The molecule has 0 unspecified atom stereocenters. The first-order valence-electron chi connectivity index (χ1n) is 9.41. The summed E-state index contributed by atoms with van der Waals surface area (Å²) in [5, 5.41) is 3.45. The molecule has 6 nitrogen and oxygen atoms in total. The van der Waals surface area contributed by atoms with Gasteiger partial charge in [-0.05, 0) is 43.5 Å². The van der Waals surface area contributed by atoms with Crippen LogP contribution in [0.3, 0.4) is 0 Å². The first-order valence-corrected chi connectivity index (χ1v) is 10.6. The Morgan fingerprint density at radius 2 is 1.83 bits per heavy atom. The predicted octanol–water partition coefficient (Wildman–Crippen LogP) is 5.01. The molecule has 1 aromatic heterocycles. The van der Waals surface area contributed by atoms with Gasteiger partial charge in [0.1, 0.15) is 5.00 Å². The lowest BCUT2D eigenvalue weighted by Crippen LogP contribution is -2.32. The van der Waals surface area contributed by atoms with E-state index in [2.05, 4.69) is 5.32 Å². The predicted molar refractivity (Wildman–Crippen MR) is 116 cm³/mol. The van der Waals surface area contributed by atoms with Gasteiger partial charge in [0.2, 0.25) is 0 Å². The number of ether oxygens (including phenoxy) is 1. The Morgan fingerprint density at radius 1 is 1.17 bits per heavy atom. The molecule has 0 aliphatic carbocycles. The molecule has 0 aliphatic rings. The second-order valence-corrected chi connectivity index (χ2v) is 7.97. The molecule has 0 spiro atoms. The molecule has 2 aromatic rings. The number of hydrogen-bond donors (Lipinski definition) is 1. The van der Waals surface area contributed by atoms with Gasteiger partial charge >= 0.3 is 5.97 Å². The van der Waals surface area contributed by atoms with E-state index in [0.29, 0.717) is 34.1 Å². The minimum Gasteiger partial charge on any atom is -0.465 e. The summed E-state index contributed by atoms with van der Waals surface area (Å²) in [7, 11) is 1.27. The molecule has 2 amide bonds. The zero-order valence-corrected chi connectivity index (χ0v) is 18.6. The highest BCUT2D eigenvalue weighted by Crippen LogP contribution is 2.35. The van der Waals surface area contributed by atoms with Gasteiger partial charge in [-0.1, -0.05) is 31.5 Å². The summed E-state index contributed by atoms with van der Waals surface area (Å²) < 4.78 is 4.88. The highest BCUT2D eigenvalue weighted by Gasteiger charge is 2.28. The molecule has 0 saturated heterocycles. The van der Waals surface area contributed by atoms with Gasteiger partial charge in [-0.25, -0.2) is 4.79 Å². The van der Waals surface area contributed by atoms with E-state index in [0.717, 1.165) is 24.2 Å². The van der Waals surface area contributed by atoms with Crippen LogP contribution < -0.4 is 5.32 Å². The molecule has 29 heavy (non-hydrogen) atoms. The van der Waals surface area contributed by atoms with Gasteiger partial charge in [0, 0.05) is 23.7 Å². The minimum absolute atomic E-state index is 0.149. The number of thiophene rings is 1. The van der Waals surface area contributed by atoms with Crippen LogP contribution in [-0.2, 0) is 4.74 Å². The molecule has 156 valence electrons. The standard InChI is InChI=1S/C21H25ClN2O4S/c1-5-10-24(11-6-2)20(26)17-13(3)16(21(27)28-4)19(29-17)23-18(25)14-8-7-9-15(22)12-14/h7-9,12H,5-6,10-11H2,1-4H3,(H,23,25). The third kappa shape index (κ3) is 5.36. The molecule has 0 bridgehead atoms. The van der Waals surface area contributed by atoms with Crippen LogP contribution in [0.25, 0.3) is 0 Å². The summed E-state index contributed by atoms with van der Waals surface area (Å²) >= 11 is 7.05. The summed E-state index contributed by atoms with van der Waals surface area (Å²) in [6.07, 6.45) is 1.66. The van der Waals surface area contributed by atoms with E-state index in [9.17, 15) is 14.4 Å². The number of nitrogens with zero attached hydrogens (tertiary/aromatic N) is 1. The van der Waals surface area contributed by atoms with E-state index >= 15 is 0 Å². The van der Waals surface area contributed by atoms with Crippen molar-refractivity contribution in [2.75, 3.05) is 25.5 Å². The molecular weight excluding hydrogens is 412 g/mol. The highest BCUT2D eigenvalue weighted by atomic mass is 35.5. The molecular formula is C21H25ClN2O4S. The van der Waals surface area contributed by atoms with Crippen LogP contribution in [-0.4, -0.2) is 42.9 Å². The van der Waals surface area contributed by atoms with Crippen molar-refractivity contribution < 1.29 is 19.1 Å². The molecule has 1 heterocycles. The molecule has 0 aliphatic heterocycles. The van der Waals surface area contributed by atoms with Crippen molar-refractivity contribution in [3.8, 4) is 0 Å². The van der Waals surface area contributed by atoms with Crippen molar-refractivity contribution in [2.24, 2.45) is 0 Å². The Balaban J connectivity index is 2.44. The lowest BCUT2D eigenvalue weighted by Gasteiger charge is -2.21. The van der Waals surface area contributed by atoms with Crippen molar-refractivity contribution in [1.82, 2.24) is 4.90 Å². The van der Waals surface area contributed by atoms with E-state index < -0.39 is 11.9 Å². The summed E-state index contributed by atoms with van der Waals surface area (Å²) in [4.78, 5) is 40.3. The number of carbonyl (C=O) groups is 3. The van der Waals surface area contributed by atoms with Gasteiger partial charge in [-0.2, -0.15) is 0 Å². The van der Waals surface area contributed by atoms with Crippen molar-refractivity contribution >= 4 is 45.7 Å². The van der Waals surface area contributed by atoms with Crippen molar-refractivity contribution in [3.05, 3.63) is 50.9 Å². The smallest absolute Gasteiger partial charge is 0.341 e. The number of hydrogen-bond acceptors (Lipinski definition) is 5. The van der Waals surface area contributed by atoms with Crippen LogP contribution in [0.4, 0.5) is 5.00 Å². The normalized spacial score (nSPS) is 10.5. The van der Waals surface area contributed by atoms with Crippen LogP contribution in [0.2, 0.25) is 5.02 Å². The van der Waals surface area contributed by atoms with Crippen molar-refractivity contribution in [2.45, 2.75) is 33.6 Å². The number of esters is 1. The van der Waals surface area contributed by atoms with E-state index in [1.54, 1.807) is 30.0 Å². The fourth-order valence-electron chi connectivity index (χ4n) is 2.96. The molecule has 0 radical (unpaired) electrons. The number of rotatable bonds is 8. The maximum atomic E-state index is 13.1. The van der Waals surface area contributed by atoms with Gasteiger partial charge in [0.15, 0.2) is 0 Å². The third-order valence-corrected chi connectivity index (χ3v) is 5.75. The first kappa shape index (κ1) is 22.9. The monoisotopic (exact) mass is 436 g/mol. The average Bonchev–Trinajstić information content (AvgIpc) is 3.02. The summed E-state index contributed by atoms with van der Waals surface area (Å²) in [5.74, 6) is -1.17. The summed E-state index contributed by atoms with van der Waals surface area (Å²) in [5.41, 5.74) is 1.06. The van der Waals surface area contributed by atoms with Gasteiger partial charge < -0.3 is 15.0 Å². The number of anilines is 1. The Hall–Kier alpha value is -2.38. The first-order chi connectivity index (χ1) is 13.8. The fraction of sp³-hybridized carbons (Fsp3) is 0.381. The maximum absolute atomic E-state index is 13.1.